The van der Waals surface area contributed by atoms with Crippen molar-refractivity contribution in [2.24, 2.45) is 17.8 Å². The number of hydrogen-bond acceptors (Lipinski definition) is 2. The monoisotopic (exact) mass is 233 g/mol. The Bertz CT molecular complexity index is 385. The van der Waals surface area contributed by atoms with Crippen molar-refractivity contribution >= 4 is 5.95 Å². The van der Waals surface area contributed by atoms with Gasteiger partial charge in [-0.2, -0.15) is 0 Å². The van der Waals surface area contributed by atoms with Gasteiger partial charge in [-0.25, -0.2) is 4.98 Å². The molecule has 94 valence electrons. The zero-order valence-electron chi connectivity index (χ0n) is 10.9. The number of hydrogen-bond donors (Lipinski definition) is 1. The molecule has 0 aromatic carbocycles. The Morgan fingerprint density at radius 1 is 1.47 bits per heavy atom. The maximum Gasteiger partial charge on any atom is 0.203 e. The number of fused-ring (bicyclic) bond motifs is 2. The Kier molecular flexibility index (Phi) is 2.85. The highest BCUT2D eigenvalue weighted by atomic mass is 15.2. The molecular formula is C14H23N3. The first-order valence-corrected chi connectivity index (χ1v) is 7.06. The summed E-state index contributed by atoms with van der Waals surface area (Å²) >= 11 is 0. The summed E-state index contributed by atoms with van der Waals surface area (Å²) in [5.41, 5.74) is 0. The van der Waals surface area contributed by atoms with Crippen LogP contribution in [0.5, 0.6) is 0 Å². The van der Waals surface area contributed by atoms with Crippen molar-refractivity contribution in [3.63, 3.8) is 0 Å². The molecule has 2 saturated carbocycles. The minimum atomic E-state index is 0.599. The van der Waals surface area contributed by atoms with Crippen molar-refractivity contribution in [3.8, 4) is 0 Å². The van der Waals surface area contributed by atoms with Crippen molar-refractivity contribution in [2.45, 2.75) is 45.6 Å². The van der Waals surface area contributed by atoms with E-state index in [1.165, 1.54) is 25.7 Å². The summed E-state index contributed by atoms with van der Waals surface area (Å²) in [5.74, 6) is 3.92. The minimum Gasteiger partial charge on any atom is -0.356 e. The molecule has 3 rings (SSSR count). The molecule has 1 heterocycles. The zero-order valence-corrected chi connectivity index (χ0v) is 10.9. The van der Waals surface area contributed by atoms with Crippen molar-refractivity contribution in [3.05, 3.63) is 12.4 Å². The molecule has 2 aliphatic rings. The third kappa shape index (κ3) is 1.85. The number of nitrogens with zero attached hydrogens (tertiary/aromatic N) is 2. The van der Waals surface area contributed by atoms with E-state index < -0.39 is 0 Å². The van der Waals surface area contributed by atoms with E-state index in [0.717, 1.165) is 30.2 Å². The lowest BCUT2D eigenvalue weighted by atomic mass is 9.84. The summed E-state index contributed by atoms with van der Waals surface area (Å²) in [7, 11) is 0. The Labute approximate surface area is 104 Å². The Morgan fingerprint density at radius 3 is 3.00 bits per heavy atom. The van der Waals surface area contributed by atoms with Gasteiger partial charge in [0.05, 0.1) is 0 Å². The quantitative estimate of drug-likeness (QED) is 0.864. The van der Waals surface area contributed by atoms with Gasteiger partial charge in [0.25, 0.3) is 0 Å². The minimum absolute atomic E-state index is 0.599. The molecule has 3 nitrogen and oxygen atoms in total. The Morgan fingerprint density at radius 2 is 2.35 bits per heavy atom. The number of imidazole rings is 1. The molecule has 3 heteroatoms. The van der Waals surface area contributed by atoms with Crippen LogP contribution >= 0.6 is 0 Å². The predicted molar refractivity (Wildman–Crippen MR) is 70.0 cm³/mol. The summed E-state index contributed by atoms with van der Waals surface area (Å²) in [6.45, 7) is 5.44. The molecule has 2 bridgehead atoms. The molecular weight excluding hydrogens is 210 g/mol. The standard InChI is InChI=1S/C14H23N3/c1-3-15-14-16-6-7-17(14)10(2)13-9-11-4-5-12(13)8-11/h6-7,10-13H,3-5,8-9H2,1-2H3,(H,15,16). The van der Waals surface area contributed by atoms with Crippen LogP contribution in [0.1, 0.15) is 45.6 Å². The smallest absolute Gasteiger partial charge is 0.203 e. The van der Waals surface area contributed by atoms with Crippen LogP contribution in [0.4, 0.5) is 5.95 Å². The van der Waals surface area contributed by atoms with E-state index in [1.807, 2.05) is 6.20 Å². The summed E-state index contributed by atoms with van der Waals surface area (Å²) in [5, 5.41) is 3.36. The number of anilines is 1. The van der Waals surface area contributed by atoms with Gasteiger partial charge in [-0.15, -0.1) is 0 Å². The first-order chi connectivity index (χ1) is 8.29. The predicted octanol–water partition coefficient (Wildman–Crippen LogP) is 3.31. The van der Waals surface area contributed by atoms with E-state index in [0.29, 0.717) is 6.04 Å². The largest absolute Gasteiger partial charge is 0.356 e. The molecule has 1 N–H and O–H groups in total. The fourth-order valence-electron chi connectivity index (χ4n) is 4.03. The Hall–Kier alpha value is -0.990. The van der Waals surface area contributed by atoms with Gasteiger partial charge in [0, 0.05) is 25.0 Å². The van der Waals surface area contributed by atoms with Gasteiger partial charge in [0.1, 0.15) is 0 Å². The van der Waals surface area contributed by atoms with Crippen LogP contribution in [0.3, 0.4) is 0 Å². The molecule has 0 saturated heterocycles. The van der Waals surface area contributed by atoms with E-state index in [1.54, 1.807) is 0 Å². The van der Waals surface area contributed by atoms with Gasteiger partial charge in [0.15, 0.2) is 0 Å². The molecule has 0 radical (unpaired) electrons. The van der Waals surface area contributed by atoms with Gasteiger partial charge in [-0.1, -0.05) is 6.42 Å². The molecule has 4 atom stereocenters. The SMILES string of the molecule is CCNc1nccn1C(C)C1CC2CCC1C2. The number of nitrogens with one attached hydrogen (secondary N) is 1. The van der Waals surface area contributed by atoms with E-state index in [-0.39, 0.29) is 0 Å². The third-order valence-corrected chi connectivity index (χ3v) is 4.85. The summed E-state index contributed by atoms with van der Waals surface area (Å²) in [4.78, 5) is 4.41. The molecule has 2 aliphatic carbocycles. The molecule has 1 aromatic heterocycles. The molecule has 17 heavy (non-hydrogen) atoms. The van der Waals surface area contributed by atoms with Gasteiger partial charge in [-0.05, 0) is 50.9 Å². The first-order valence-electron chi connectivity index (χ1n) is 7.06. The first kappa shape index (κ1) is 11.1. The van der Waals surface area contributed by atoms with Crippen molar-refractivity contribution < 1.29 is 0 Å². The second-order valence-electron chi connectivity index (χ2n) is 5.77. The van der Waals surface area contributed by atoms with Gasteiger partial charge >= 0.3 is 0 Å². The molecule has 0 spiro atoms. The second kappa shape index (κ2) is 4.35. The maximum atomic E-state index is 4.41. The molecule has 4 unspecified atom stereocenters. The number of aromatic nitrogens is 2. The third-order valence-electron chi connectivity index (χ3n) is 4.85. The second-order valence-corrected chi connectivity index (χ2v) is 5.77. The van der Waals surface area contributed by atoms with Crippen LogP contribution < -0.4 is 5.32 Å². The molecule has 0 aliphatic heterocycles. The molecule has 0 amide bonds. The van der Waals surface area contributed by atoms with Gasteiger partial charge in [-0.3, -0.25) is 0 Å². The van der Waals surface area contributed by atoms with Crippen LogP contribution in [0.2, 0.25) is 0 Å². The van der Waals surface area contributed by atoms with E-state index in [2.05, 4.69) is 34.9 Å². The topological polar surface area (TPSA) is 29.9 Å². The van der Waals surface area contributed by atoms with Crippen LogP contribution in [0.25, 0.3) is 0 Å². The molecule has 2 fully saturated rings. The van der Waals surface area contributed by atoms with Crippen molar-refractivity contribution in [1.82, 2.24) is 9.55 Å². The lowest BCUT2D eigenvalue weighted by Gasteiger charge is -2.29. The normalized spacial score (nSPS) is 32.9. The lowest BCUT2D eigenvalue weighted by Crippen LogP contribution is -2.23. The highest BCUT2D eigenvalue weighted by Crippen LogP contribution is 2.52. The van der Waals surface area contributed by atoms with Crippen LogP contribution in [-0.4, -0.2) is 16.1 Å². The lowest BCUT2D eigenvalue weighted by molar-refractivity contribution is 0.244. The zero-order chi connectivity index (χ0) is 11.8. The van der Waals surface area contributed by atoms with E-state index in [4.69, 9.17) is 0 Å². The van der Waals surface area contributed by atoms with E-state index in [9.17, 15) is 0 Å². The average molecular weight is 233 g/mol. The summed E-state index contributed by atoms with van der Waals surface area (Å²) in [6, 6.07) is 0.599. The van der Waals surface area contributed by atoms with Crippen molar-refractivity contribution in [1.29, 1.82) is 0 Å². The average Bonchev–Trinajstić information content (AvgIpc) is 3.03. The Balaban J connectivity index is 1.77. The summed E-state index contributed by atoms with van der Waals surface area (Å²) < 4.78 is 2.34. The van der Waals surface area contributed by atoms with Crippen LogP contribution in [-0.2, 0) is 0 Å². The number of rotatable bonds is 4. The highest BCUT2D eigenvalue weighted by molar-refractivity contribution is 5.26. The molecule has 1 aromatic rings. The van der Waals surface area contributed by atoms with Crippen molar-refractivity contribution in [2.75, 3.05) is 11.9 Å². The van der Waals surface area contributed by atoms with E-state index >= 15 is 0 Å². The van der Waals surface area contributed by atoms with Gasteiger partial charge in [0.2, 0.25) is 5.95 Å². The maximum absolute atomic E-state index is 4.41. The van der Waals surface area contributed by atoms with Crippen LogP contribution in [0, 0.1) is 17.8 Å². The highest BCUT2D eigenvalue weighted by Gasteiger charge is 2.42. The fourth-order valence-corrected chi connectivity index (χ4v) is 4.03. The van der Waals surface area contributed by atoms with Gasteiger partial charge < -0.3 is 9.88 Å². The van der Waals surface area contributed by atoms with Crippen LogP contribution in [0.15, 0.2) is 12.4 Å². The fraction of sp³-hybridized carbons (Fsp3) is 0.786. The summed E-state index contributed by atoms with van der Waals surface area (Å²) in [6.07, 6.45) is 9.93.